The van der Waals surface area contributed by atoms with Crippen molar-refractivity contribution in [1.82, 2.24) is 4.90 Å². The number of nitro groups is 1. The van der Waals surface area contributed by atoms with E-state index in [9.17, 15) is 14.9 Å². The number of nitrogens with one attached hydrogen (secondary N) is 1. The molecule has 0 saturated carbocycles. The van der Waals surface area contributed by atoms with Crippen molar-refractivity contribution in [2.75, 3.05) is 18.9 Å². The summed E-state index contributed by atoms with van der Waals surface area (Å²) in [5, 5.41) is 13.7. The lowest BCUT2D eigenvalue weighted by molar-refractivity contribution is -0.384. The predicted molar refractivity (Wildman–Crippen MR) is 93.8 cm³/mol. The Bertz CT molecular complexity index is 704. The Balaban J connectivity index is 1.89. The normalized spacial score (nSPS) is 12.0. The number of benzene rings is 2. The van der Waals surface area contributed by atoms with Gasteiger partial charge in [0, 0.05) is 36.8 Å². The van der Waals surface area contributed by atoms with E-state index in [0.29, 0.717) is 13.0 Å². The highest BCUT2D eigenvalue weighted by Crippen LogP contribution is 2.23. The van der Waals surface area contributed by atoms with E-state index in [2.05, 4.69) is 5.32 Å². The summed E-state index contributed by atoms with van der Waals surface area (Å²) in [7, 11) is 1.90. The monoisotopic (exact) mass is 327 g/mol. The van der Waals surface area contributed by atoms with Crippen molar-refractivity contribution in [2.45, 2.75) is 19.4 Å². The minimum atomic E-state index is -0.399. The first kappa shape index (κ1) is 17.6. The molecule has 0 fully saturated rings. The number of amides is 1. The maximum absolute atomic E-state index is 12.0. The number of carbonyl (C=O) groups is 1. The highest BCUT2D eigenvalue weighted by molar-refractivity contribution is 5.90. The summed E-state index contributed by atoms with van der Waals surface area (Å²) in [5.74, 6) is -0.0562. The van der Waals surface area contributed by atoms with Crippen molar-refractivity contribution < 1.29 is 9.72 Å². The van der Waals surface area contributed by atoms with Crippen LogP contribution in [0.3, 0.4) is 0 Å². The van der Waals surface area contributed by atoms with E-state index in [0.717, 1.165) is 11.3 Å². The van der Waals surface area contributed by atoms with Gasteiger partial charge in [-0.2, -0.15) is 0 Å². The van der Waals surface area contributed by atoms with E-state index in [-0.39, 0.29) is 17.6 Å². The third-order valence-corrected chi connectivity index (χ3v) is 3.97. The van der Waals surface area contributed by atoms with Gasteiger partial charge < -0.3 is 5.32 Å². The molecule has 6 nitrogen and oxygen atoms in total. The molecule has 1 atom stereocenters. The molecule has 1 N–H and O–H groups in total. The third-order valence-electron chi connectivity index (χ3n) is 3.97. The summed E-state index contributed by atoms with van der Waals surface area (Å²) in [5.41, 5.74) is 1.71. The Morgan fingerprint density at radius 3 is 2.58 bits per heavy atom. The van der Waals surface area contributed by atoms with Crippen LogP contribution < -0.4 is 5.32 Å². The Hall–Kier alpha value is -2.73. The van der Waals surface area contributed by atoms with Gasteiger partial charge in [0.2, 0.25) is 5.91 Å². The number of hydrogen-bond donors (Lipinski definition) is 1. The lowest BCUT2D eigenvalue weighted by atomic mass is 10.1. The van der Waals surface area contributed by atoms with E-state index >= 15 is 0 Å². The first-order valence-corrected chi connectivity index (χ1v) is 7.77. The van der Waals surface area contributed by atoms with E-state index in [1.165, 1.54) is 6.07 Å². The third kappa shape index (κ3) is 4.89. The smallest absolute Gasteiger partial charge is 0.269 e. The molecule has 126 valence electrons. The quantitative estimate of drug-likeness (QED) is 0.622. The highest BCUT2D eigenvalue weighted by Gasteiger charge is 2.15. The molecule has 0 radical (unpaired) electrons. The van der Waals surface area contributed by atoms with Gasteiger partial charge >= 0.3 is 0 Å². The Morgan fingerprint density at radius 2 is 1.92 bits per heavy atom. The Morgan fingerprint density at radius 1 is 1.21 bits per heavy atom. The summed E-state index contributed by atoms with van der Waals surface area (Å²) < 4.78 is 0. The first-order chi connectivity index (χ1) is 11.5. The van der Waals surface area contributed by atoms with Crippen LogP contribution in [0.25, 0.3) is 0 Å². The van der Waals surface area contributed by atoms with Gasteiger partial charge in [0.1, 0.15) is 0 Å². The van der Waals surface area contributed by atoms with Crippen LogP contribution in [0.15, 0.2) is 54.6 Å². The number of anilines is 1. The second-order valence-corrected chi connectivity index (χ2v) is 5.67. The maximum atomic E-state index is 12.0. The zero-order valence-corrected chi connectivity index (χ0v) is 13.8. The van der Waals surface area contributed by atoms with Crippen LogP contribution in [-0.4, -0.2) is 29.3 Å². The molecule has 0 saturated heterocycles. The predicted octanol–water partition coefficient (Wildman–Crippen LogP) is 3.62. The molecular formula is C18H21N3O3. The minimum Gasteiger partial charge on any atom is -0.326 e. The van der Waals surface area contributed by atoms with Crippen LogP contribution in [0.1, 0.15) is 24.9 Å². The van der Waals surface area contributed by atoms with Gasteiger partial charge in [-0.3, -0.25) is 19.8 Å². The maximum Gasteiger partial charge on any atom is 0.269 e. The van der Waals surface area contributed by atoms with E-state index in [1.807, 2.05) is 55.3 Å². The molecule has 0 aromatic heterocycles. The van der Waals surface area contributed by atoms with Crippen molar-refractivity contribution >= 4 is 17.3 Å². The fourth-order valence-corrected chi connectivity index (χ4v) is 2.37. The van der Waals surface area contributed by atoms with Crippen LogP contribution in [0.2, 0.25) is 0 Å². The SMILES string of the molecule is C[C@@H](c1cccc([N+](=O)[O-])c1)N(C)CCC(=O)Nc1ccccc1. The molecule has 2 rings (SSSR count). The van der Waals surface area contributed by atoms with Crippen LogP contribution >= 0.6 is 0 Å². The van der Waals surface area contributed by atoms with Crippen LogP contribution in [0.5, 0.6) is 0 Å². The fourth-order valence-electron chi connectivity index (χ4n) is 2.37. The topological polar surface area (TPSA) is 75.5 Å². The van der Waals surface area contributed by atoms with Crippen molar-refractivity contribution in [3.8, 4) is 0 Å². The molecular weight excluding hydrogens is 306 g/mol. The van der Waals surface area contributed by atoms with Crippen molar-refractivity contribution in [1.29, 1.82) is 0 Å². The van der Waals surface area contributed by atoms with Crippen LogP contribution in [0, 0.1) is 10.1 Å². The zero-order valence-electron chi connectivity index (χ0n) is 13.8. The second-order valence-electron chi connectivity index (χ2n) is 5.67. The van der Waals surface area contributed by atoms with E-state index in [1.54, 1.807) is 12.1 Å². The number of nitrogens with zero attached hydrogens (tertiary/aromatic N) is 2. The average molecular weight is 327 g/mol. The molecule has 0 aliphatic rings. The fraction of sp³-hybridized carbons (Fsp3) is 0.278. The molecule has 0 heterocycles. The molecule has 0 spiro atoms. The lowest BCUT2D eigenvalue weighted by Gasteiger charge is -2.24. The number of hydrogen-bond acceptors (Lipinski definition) is 4. The molecule has 1 amide bonds. The summed E-state index contributed by atoms with van der Waals surface area (Å²) in [6, 6.07) is 15.9. The average Bonchev–Trinajstić information content (AvgIpc) is 2.60. The summed E-state index contributed by atoms with van der Waals surface area (Å²) in [6.07, 6.45) is 0.352. The van der Waals surface area contributed by atoms with Crippen molar-refractivity contribution in [2.24, 2.45) is 0 Å². The van der Waals surface area contributed by atoms with Gasteiger partial charge in [-0.25, -0.2) is 0 Å². The second kappa shape index (κ2) is 8.21. The molecule has 6 heteroatoms. The zero-order chi connectivity index (χ0) is 17.5. The van der Waals surface area contributed by atoms with Gasteiger partial charge in [0.25, 0.3) is 5.69 Å². The number of para-hydroxylation sites is 1. The highest BCUT2D eigenvalue weighted by atomic mass is 16.6. The first-order valence-electron chi connectivity index (χ1n) is 7.77. The summed E-state index contributed by atoms with van der Waals surface area (Å²) in [6.45, 7) is 2.52. The van der Waals surface area contributed by atoms with Crippen molar-refractivity contribution in [3.05, 3.63) is 70.3 Å². The molecule has 0 bridgehead atoms. The number of carbonyl (C=O) groups excluding carboxylic acids is 1. The molecule has 24 heavy (non-hydrogen) atoms. The number of nitro benzene ring substituents is 1. The molecule has 2 aromatic carbocycles. The molecule has 0 aliphatic carbocycles. The van der Waals surface area contributed by atoms with Gasteiger partial charge in [-0.05, 0) is 31.7 Å². The lowest BCUT2D eigenvalue weighted by Crippen LogP contribution is -2.27. The number of non-ortho nitro benzene ring substituents is 1. The van der Waals surface area contributed by atoms with Gasteiger partial charge in [-0.1, -0.05) is 30.3 Å². The Labute approximate surface area is 141 Å². The Kier molecular flexibility index (Phi) is 6.03. The largest absolute Gasteiger partial charge is 0.326 e. The van der Waals surface area contributed by atoms with Crippen LogP contribution in [-0.2, 0) is 4.79 Å². The summed E-state index contributed by atoms with van der Waals surface area (Å²) in [4.78, 5) is 24.5. The van der Waals surface area contributed by atoms with Gasteiger partial charge in [0.15, 0.2) is 0 Å². The van der Waals surface area contributed by atoms with Gasteiger partial charge in [-0.15, -0.1) is 0 Å². The van der Waals surface area contributed by atoms with E-state index in [4.69, 9.17) is 0 Å². The standard InChI is InChI=1S/C18H21N3O3/c1-14(15-7-6-10-17(13-15)21(23)24)20(2)12-11-18(22)19-16-8-4-3-5-9-16/h3-10,13-14H,11-12H2,1-2H3,(H,19,22)/t14-/m0/s1. The van der Waals surface area contributed by atoms with Crippen molar-refractivity contribution in [3.63, 3.8) is 0 Å². The molecule has 0 aliphatic heterocycles. The summed E-state index contributed by atoms with van der Waals surface area (Å²) >= 11 is 0. The van der Waals surface area contributed by atoms with Gasteiger partial charge in [0.05, 0.1) is 4.92 Å². The molecule has 0 unspecified atom stereocenters. The van der Waals surface area contributed by atoms with E-state index < -0.39 is 4.92 Å². The van der Waals surface area contributed by atoms with Crippen LogP contribution in [0.4, 0.5) is 11.4 Å². The minimum absolute atomic E-state index is 0.0191. The number of rotatable bonds is 7. The molecule has 2 aromatic rings.